The van der Waals surface area contributed by atoms with Crippen molar-refractivity contribution in [3.8, 4) is 0 Å². The van der Waals surface area contributed by atoms with Crippen molar-refractivity contribution < 1.29 is 4.79 Å². The summed E-state index contributed by atoms with van der Waals surface area (Å²) in [7, 11) is 1.82. The van der Waals surface area contributed by atoms with E-state index in [2.05, 4.69) is 34.3 Å². The standard InChI is InChI=1S/C18H29ClN4O/c1-4-22-7-9-23(10-8-22)13-14(2)12-21-18(24)16-11-15(20-3)5-6-17(16)19/h5-6,11,14,20H,4,7-10,12-13H2,1-3H3,(H,21,24)/t14-/m0/s1. The Balaban J connectivity index is 1.79. The van der Waals surface area contributed by atoms with E-state index in [1.54, 1.807) is 12.1 Å². The van der Waals surface area contributed by atoms with E-state index in [0.717, 1.165) is 45.0 Å². The molecule has 0 aliphatic carbocycles. The molecule has 1 amide bonds. The average molecular weight is 353 g/mol. The number of nitrogens with zero attached hydrogens (tertiary/aromatic N) is 2. The van der Waals surface area contributed by atoms with Gasteiger partial charge in [-0.2, -0.15) is 0 Å². The molecule has 24 heavy (non-hydrogen) atoms. The molecule has 1 atom stereocenters. The van der Waals surface area contributed by atoms with E-state index in [9.17, 15) is 4.79 Å². The Morgan fingerprint density at radius 1 is 1.25 bits per heavy atom. The molecule has 5 nitrogen and oxygen atoms in total. The third-order valence-corrected chi connectivity index (χ3v) is 4.92. The summed E-state index contributed by atoms with van der Waals surface area (Å²) >= 11 is 6.14. The summed E-state index contributed by atoms with van der Waals surface area (Å²) < 4.78 is 0. The molecule has 134 valence electrons. The maximum Gasteiger partial charge on any atom is 0.252 e. The maximum atomic E-state index is 12.4. The first-order valence-corrected chi connectivity index (χ1v) is 9.11. The molecule has 1 aliphatic rings. The van der Waals surface area contributed by atoms with Crippen LogP contribution in [0.3, 0.4) is 0 Å². The number of likely N-dealkylation sites (N-methyl/N-ethyl adjacent to an activating group) is 1. The number of anilines is 1. The number of benzene rings is 1. The van der Waals surface area contributed by atoms with Gasteiger partial charge < -0.3 is 20.4 Å². The number of carbonyl (C=O) groups is 1. The Morgan fingerprint density at radius 3 is 2.54 bits per heavy atom. The van der Waals surface area contributed by atoms with Crippen LogP contribution in [0, 0.1) is 5.92 Å². The van der Waals surface area contributed by atoms with Crippen LogP contribution in [-0.4, -0.2) is 68.6 Å². The predicted molar refractivity (Wildman–Crippen MR) is 101 cm³/mol. The summed E-state index contributed by atoms with van der Waals surface area (Å²) in [4.78, 5) is 17.3. The highest BCUT2D eigenvalue weighted by molar-refractivity contribution is 6.34. The molecule has 2 N–H and O–H groups in total. The Hall–Kier alpha value is -1.30. The molecular formula is C18H29ClN4O. The van der Waals surface area contributed by atoms with Gasteiger partial charge >= 0.3 is 0 Å². The summed E-state index contributed by atoms with van der Waals surface area (Å²) in [6, 6.07) is 5.39. The smallest absolute Gasteiger partial charge is 0.252 e. The van der Waals surface area contributed by atoms with Crippen molar-refractivity contribution in [2.45, 2.75) is 13.8 Å². The van der Waals surface area contributed by atoms with Crippen molar-refractivity contribution in [2.24, 2.45) is 5.92 Å². The minimum atomic E-state index is -0.111. The first-order valence-electron chi connectivity index (χ1n) is 8.73. The second kappa shape index (κ2) is 9.25. The number of nitrogens with one attached hydrogen (secondary N) is 2. The average Bonchev–Trinajstić information content (AvgIpc) is 2.60. The lowest BCUT2D eigenvalue weighted by molar-refractivity contribution is 0.0934. The van der Waals surface area contributed by atoms with Crippen molar-refractivity contribution in [3.05, 3.63) is 28.8 Å². The largest absolute Gasteiger partial charge is 0.388 e. The molecule has 1 aromatic carbocycles. The van der Waals surface area contributed by atoms with E-state index in [4.69, 9.17) is 11.6 Å². The van der Waals surface area contributed by atoms with Gasteiger partial charge in [0.05, 0.1) is 10.6 Å². The Bertz CT molecular complexity index is 544. The van der Waals surface area contributed by atoms with Crippen LogP contribution in [0.2, 0.25) is 5.02 Å². The highest BCUT2D eigenvalue weighted by Gasteiger charge is 2.18. The normalized spacial score (nSPS) is 17.5. The quantitative estimate of drug-likeness (QED) is 0.791. The molecule has 0 aromatic heterocycles. The number of halogens is 1. The zero-order chi connectivity index (χ0) is 17.5. The number of carbonyl (C=O) groups excluding carboxylic acids is 1. The Kier molecular flexibility index (Phi) is 7.34. The van der Waals surface area contributed by atoms with E-state index >= 15 is 0 Å². The molecule has 6 heteroatoms. The molecule has 1 aliphatic heterocycles. The first kappa shape index (κ1) is 19.0. The summed E-state index contributed by atoms with van der Waals surface area (Å²) in [6.07, 6.45) is 0. The molecule has 1 saturated heterocycles. The van der Waals surface area contributed by atoms with Crippen molar-refractivity contribution >= 4 is 23.2 Å². The molecule has 1 aromatic rings. The Labute approximate surface area is 150 Å². The van der Waals surface area contributed by atoms with Crippen LogP contribution in [-0.2, 0) is 0 Å². The fourth-order valence-electron chi connectivity index (χ4n) is 3.01. The van der Waals surface area contributed by atoms with Crippen LogP contribution in [0.25, 0.3) is 0 Å². The topological polar surface area (TPSA) is 47.6 Å². The lowest BCUT2D eigenvalue weighted by atomic mass is 10.1. The van der Waals surface area contributed by atoms with Gasteiger partial charge in [-0.05, 0) is 30.7 Å². The number of amides is 1. The summed E-state index contributed by atoms with van der Waals surface area (Å²) in [5.74, 6) is 0.299. The monoisotopic (exact) mass is 352 g/mol. The number of rotatable bonds is 7. The highest BCUT2D eigenvalue weighted by Crippen LogP contribution is 2.20. The van der Waals surface area contributed by atoms with Gasteiger partial charge in [0.15, 0.2) is 0 Å². The van der Waals surface area contributed by atoms with Gasteiger partial charge in [0.1, 0.15) is 0 Å². The fraction of sp³-hybridized carbons (Fsp3) is 0.611. The zero-order valence-electron chi connectivity index (χ0n) is 14.9. The predicted octanol–water partition coefficient (Wildman–Crippen LogP) is 2.39. The summed E-state index contributed by atoms with van der Waals surface area (Å²) in [6.45, 7) is 11.7. The van der Waals surface area contributed by atoms with Gasteiger partial charge in [-0.25, -0.2) is 0 Å². The molecule has 1 fully saturated rings. The van der Waals surface area contributed by atoms with Gasteiger partial charge in [-0.1, -0.05) is 25.4 Å². The number of piperazine rings is 1. The first-order chi connectivity index (χ1) is 11.5. The zero-order valence-corrected chi connectivity index (χ0v) is 15.7. The minimum absolute atomic E-state index is 0.111. The van der Waals surface area contributed by atoms with Gasteiger partial charge in [0.25, 0.3) is 5.91 Å². The lowest BCUT2D eigenvalue weighted by Gasteiger charge is -2.35. The van der Waals surface area contributed by atoms with E-state index < -0.39 is 0 Å². The molecular weight excluding hydrogens is 324 g/mol. The van der Waals surface area contributed by atoms with Crippen LogP contribution in [0.5, 0.6) is 0 Å². The fourth-order valence-corrected chi connectivity index (χ4v) is 3.21. The van der Waals surface area contributed by atoms with Crippen molar-refractivity contribution in [3.63, 3.8) is 0 Å². The van der Waals surface area contributed by atoms with Crippen molar-refractivity contribution in [2.75, 3.05) is 58.2 Å². The maximum absolute atomic E-state index is 12.4. The summed E-state index contributed by atoms with van der Waals surface area (Å²) in [5, 5.41) is 6.52. The second-order valence-corrected chi connectivity index (χ2v) is 6.90. The highest BCUT2D eigenvalue weighted by atomic mass is 35.5. The SMILES string of the molecule is CCN1CCN(C[C@@H](C)CNC(=O)c2cc(NC)ccc2Cl)CC1. The van der Waals surface area contributed by atoms with E-state index in [1.807, 2.05) is 13.1 Å². The Morgan fingerprint density at radius 2 is 1.92 bits per heavy atom. The van der Waals surface area contributed by atoms with Crippen molar-refractivity contribution in [1.29, 1.82) is 0 Å². The van der Waals surface area contributed by atoms with E-state index in [0.29, 0.717) is 23.0 Å². The van der Waals surface area contributed by atoms with Crippen LogP contribution >= 0.6 is 11.6 Å². The van der Waals surface area contributed by atoms with Gasteiger partial charge in [0.2, 0.25) is 0 Å². The van der Waals surface area contributed by atoms with Crippen LogP contribution < -0.4 is 10.6 Å². The molecule has 0 unspecified atom stereocenters. The molecule has 2 rings (SSSR count). The third-order valence-electron chi connectivity index (χ3n) is 4.59. The molecule has 0 bridgehead atoms. The summed E-state index contributed by atoms with van der Waals surface area (Å²) in [5.41, 5.74) is 1.40. The van der Waals surface area contributed by atoms with E-state index in [1.165, 1.54) is 0 Å². The molecule has 0 radical (unpaired) electrons. The van der Waals surface area contributed by atoms with Gasteiger partial charge in [0, 0.05) is 52.0 Å². The van der Waals surface area contributed by atoms with Gasteiger partial charge in [-0.15, -0.1) is 0 Å². The molecule has 1 heterocycles. The second-order valence-electron chi connectivity index (χ2n) is 6.49. The molecule has 0 spiro atoms. The lowest BCUT2D eigenvalue weighted by Crippen LogP contribution is -2.48. The number of hydrogen-bond donors (Lipinski definition) is 2. The van der Waals surface area contributed by atoms with Gasteiger partial charge in [-0.3, -0.25) is 4.79 Å². The van der Waals surface area contributed by atoms with Crippen molar-refractivity contribution in [1.82, 2.24) is 15.1 Å². The van der Waals surface area contributed by atoms with Crippen LogP contribution in [0.1, 0.15) is 24.2 Å². The number of hydrogen-bond acceptors (Lipinski definition) is 4. The molecule has 0 saturated carbocycles. The van der Waals surface area contributed by atoms with Crippen LogP contribution in [0.4, 0.5) is 5.69 Å². The minimum Gasteiger partial charge on any atom is -0.388 e. The van der Waals surface area contributed by atoms with E-state index in [-0.39, 0.29) is 5.91 Å². The van der Waals surface area contributed by atoms with Crippen LogP contribution in [0.15, 0.2) is 18.2 Å². The third kappa shape index (κ3) is 5.36.